The highest BCUT2D eigenvalue weighted by Gasteiger charge is 2.42. The first-order valence-electron chi connectivity index (χ1n) is 5.69. The first-order chi connectivity index (χ1) is 8.46. The van der Waals surface area contributed by atoms with Crippen LogP contribution < -0.4 is 4.72 Å². The van der Waals surface area contributed by atoms with Gasteiger partial charge in [-0.1, -0.05) is 12.8 Å². The average molecular weight is 273 g/mol. The van der Waals surface area contributed by atoms with Crippen molar-refractivity contribution < 1.29 is 18.3 Å². The van der Waals surface area contributed by atoms with E-state index in [1.54, 1.807) is 0 Å². The Morgan fingerprint density at radius 2 is 2.17 bits per heavy atom. The summed E-state index contributed by atoms with van der Waals surface area (Å²) in [5.41, 5.74) is -0.965. The van der Waals surface area contributed by atoms with E-state index in [0.29, 0.717) is 12.8 Å². The summed E-state index contributed by atoms with van der Waals surface area (Å²) in [4.78, 5) is 11.3. The smallest absolute Gasteiger partial charge is 0.310 e. The Kier molecular flexibility index (Phi) is 3.40. The predicted molar refractivity (Wildman–Crippen MR) is 62.3 cm³/mol. The second kappa shape index (κ2) is 4.69. The van der Waals surface area contributed by atoms with Crippen LogP contribution in [0.15, 0.2) is 17.3 Å². The van der Waals surface area contributed by atoms with Crippen LogP contribution >= 0.6 is 0 Å². The highest BCUT2D eigenvalue weighted by Crippen LogP contribution is 2.37. The minimum Gasteiger partial charge on any atom is -0.481 e. The topological polar surface area (TPSA) is 112 Å². The van der Waals surface area contributed by atoms with Gasteiger partial charge in [-0.2, -0.15) is 5.10 Å². The standard InChI is InChI=1S/C10H15N3O4S/c14-9(15)10(4-1-2-5-10)7-12-18(16,17)8-3-6-11-13-8/h3,6,12H,1-2,4-5,7H2,(H,11,13)(H,14,15). The van der Waals surface area contributed by atoms with Crippen LogP contribution in [0.1, 0.15) is 25.7 Å². The molecule has 0 saturated heterocycles. The number of H-pyrrole nitrogens is 1. The maximum absolute atomic E-state index is 11.8. The molecule has 0 amide bonds. The molecule has 1 aliphatic rings. The van der Waals surface area contributed by atoms with Gasteiger partial charge in [0.1, 0.15) is 0 Å². The van der Waals surface area contributed by atoms with Crippen molar-refractivity contribution in [1.82, 2.24) is 14.9 Å². The third-order valence-electron chi connectivity index (χ3n) is 3.38. The first kappa shape index (κ1) is 13.0. The molecule has 18 heavy (non-hydrogen) atoms. The van der Waals surface area contributed by atoms with Crippen molar-refractivity contribution in [3.8, 4) is 0 Å². The van der Waals surface area contributed by atoms with E-state index < -0.39 is 21.4 Å². The van der Waals surface area contributed by atoms with Gasteiger partial charge in [0.15, 0.2) is 5.03 Å². The van der Waals surface area contributed by atoms with Gasteiger partial charge in [0.05, 0.1) is 11.6 Å². The summed E-state index contributed by atoms with van der Waals surface area (Å²) < 4.78 is 26.0. The molecule has 0 bridgehead atoms. The minimum absolute atomic E-state index is 0.0546. The van der Waals surface area contributed by atoms with Gasteiger partial charge in [-0.25, -0.2) is 13.1 Å². The van der Waals surface area contributed by atoms with Crippen LogP contribution in [0.2, 0.25) is 0 Å². The lowest BCUT2D eigenvalue weighted by molar-refractivity contribution is -0.148. The number of carboxylic acids is 1. The molecule has 8 heteroatoms. The lowest BCUT2D eigenvalue weighted by atomic mass is 9.87. The van der Waals surface area contributed by atoms with E-state index in [1.165, 1.54) is 12.3 Å². The number of rotatable bonds is 5. The van der Waals surface area contributed by atoms with Crippen molar-refractivity contribution in [3.05, 3.63) is 12.3 Å². The molecule has 1 aromatic rings. The molecule has 0 spiro atoms. The van der Waals surface area contributed by atoms with Crippen LogP contribution in [0.3, 0.4) is 0 Å². The molecule has 0 atom stereocenters. The molecule has 7 nitrogen and oxygen atoms in total. The summed E-state index contributed by atoms with van der Waals surface area (Å²) >= 11 is 0. The average Bonchev–Trinajstić information content (AvgIpc) is 2.99. The zero-order valence-electron chi connectivity index (χ0n) is 9.72. The zero-order chi connectivity index (χ0) is 13.2. The highest BCUT2D eigenvalue weighted by molar-refractivity contribution is 7.89. The molecule has 0 radical (unpaired) electrons. The van der Waals surface area contributed by atoms with E-state index in [2.05, 4.69) is 14.9 Å². The molecule has 0 aliphatic heterocycles. The molecule has 1 aromatic heterocycles. The van der Waals surface area contributed by atoms with Gasteiger partial charge in [-0.3, -0.25) is 9.89 Å². The molecule has 1 saturated carbocycles. The molecular weight excluding hydrogens is 258 g/mol. The Morgan fingerprint density at radius 1 is 1.50 bits per heavy atom. The van der Waals surface area contributed by atoms with Gasteiger partial charge < -0.3 is 5.11 Å². The molecule has 3 N–H and O–H groups in total. The summed E-state index contributed by atoms with van der Waals surface area (Å²) in [6.07, 6.45) is 3.98. The summed E-state index contributed by atoms with van der Waals surface area (Å²) in [6.45, 7) is -0.0797. The van der Waals surface area contributed by atoms with Crippen LogP contribution in [-0.4, -0.2) is 36.2 Å². The molecule has 2 rings (SSSR count). The van der Waals surface area contributed by atoms with Crippen LogP contribution in [0.4, 0.5) is 0 Å². The summed E-state index contributed by atoms with van der Waals surface area (Å²) in [6, 6.07) is 1.32. The van der Waals surface area contributed by atoms with Crippen LogP contribution in [0.25, 0.3) is 0 Å². The summed E-state index contributed by atoms with van der Waals surface area (Å²) in [7, 11) is -3.71. The SMILES string of the molecule is O=C(O)C1(CNS(=O)(=O)c2ccn[nH]2)CCCC1. The van der Waals surface area contributed by atoms with E-state index in [1.807, 2.05) is 0 Å². The number of sulfonamides is 1. The number of carboxylic acid groups (broad SMARTS) is 1. The van der Waals surface area contributed by atoms with Crippen molar-refractivity contribution in [2.45, 2.75) is 30.7 Å². The molecule has 1 fully saturated rings. The number of aliphatic carboxylic acids is 1. The van der Waals surface area contributed by atoms with E-state index >= 15 is 0 Å². The molecule has 1 aliphatic carbocycles. The van der Waals surface area contributed by atoms with Crippen LogP contribution in [-0.2, 0) is 14.8 Å². The minimum atomic E-state index is -3.71. The van der Waals surface area contributed by atoms with Gasteiger partial charge in [-0.15, -0.1) is 0 Å². The quantitative estimate of drug-likeness (QED) is 0.715. The van der Waals surface area contributed by atoms with Crippen molar-refractivity contribution in [2.75, 3.05) is 6.54 Å². The normalized spacial score (nSPS) is 18.9. The second-order valence-corrected chi connectivity index (χ2v) is 6.27. The molecular formula is C10H15N3O4S. The molecule has 0 unspecified atom stereocenters. The van der Waals surface area contributed by atoms with Crippen LogP contribution in [0, 0.1) is 5.41 Å². The Labute approximate surface area is 105 Å². The van der Waals surface area contributed by atoms with E-state index in [4.69, 9.17) is 0 Å². The van der Waals surface area contributed by atoms with Gasteiger partial charge in [-0.05, 0) is 18.9 Å². The van der Waals surface area contributed by atoms with Gasteiger partial charge in [0, 0.05) is 6.54 Å². The van der Waals surface area contributed by atoms with E-state index in [0.717, 1.165) is 12.8 Å². The van der Waals surface area contributed by atoms with Gasteiger partial charge in [0.25, 0.3) is 10.0 Å². The van der Waals surface area contributed by atoms with Crippen molar-refractivity contribution in [3.63, 3.8) is 0 Å². The predicted octanol–water partition coefficient (Wildman–Crippen LogP) is 0.333. The van der Waals surface area contributed by atoms with Gasteiger partial charge >= 0.3 is 5.97 Å². The fourth-order valence-corrected chi connectivity index (χ4v) is 3.26. The second-order valence-electron chi connectivity index (χ2n) is 4.54. The van der Waals surface area contributed by atoms with Crippen molar-refractivity contribution >= 4 is 16.0 Å². The number of carbonyl (C=O) groups is 1. The lowest BCUT2D eigenvalue weighted by Crippen LogP contribution is -2.41. The molecule has 100 valence electrons. The van der Waals surface area contributed by atoms with E-state index in [-0.39, 0.29) is 11.6 Å². The fraction of sp³-hybridized carbons (Fsp3) is 0.600. The maximum Gasteiger partial charge on any atom is 0.310 e. The van der Waals surface area contributed by atoms with E-state index in [9.17, 15) is 18.3 Å². The van der Waals surface area contributed by atoms with Crippen molar-refractivity contribution in [2.24, 2.45) is 5.41 Å². The zero-order valence-corrected chi connectivity index (χ0v) is 10.5. The maximum atomic E-state index is 11.8. The number of hydrogen-bond acceptors (Lipinski definition) is 4. The third kappa shape index (κ3) is 2.39. The van der Waals surface area contributed by atoms with Gasteiger partial charge in [0.2, 0.25) is 0 Å². The summed E-state index contributed by atoms with van der Waals surface area (Å²) in [5, 5.41) is 15.1. The Balaban J connectivity index is 2.09. The Hall–Kier alpha value is -1.41. The number of aromatic nitrogens is 2. The Morgan fingerprint density at radius 3 is 2.67 bits per heavy atom. The fourth-order valence-electron chi connectivity index (χ4n) is 2.22. The van der Waals surface area contributed by atoms with Crippen LogP contribution in [0.5, 0.6) is 0 Å². The third-order valence-corrected chi connectivity index (χ3v) is 4.71. The summed E-state index contributed by atoms with van der Waals surface area (Å²) in [5.74, 6) is -0.938. The Bertz CT molecular complexity index is 517. The first-order valence-corrected chi connectivity index (χ1v) is 7.17. The number of hydrogen-bond donors (Lipinski definition) is 3. The molecule has 1 heterocycles. The van der Waals surface area contributed by atoms with Crippen molar-refractivity contribution in [1.29, 1.82) is 0 Å². The largest absolute Gasteiger partial charge is 0.481 e. The monoisotopic (exact) mass is 273 g/mol. The number of nitrogens with one attached hydrogen (secondary N) is 2. The number of nitrogens with zero attached hydrogens (tertiary/aromatic N) is 1. The number of aromatic amines is 1. The molecule has 0 aromatic carbocycles. The lowest BCUT2D eigenvalue weighted by Gasteiger charge is -2.23. The highest BCUT2D eigenvalue weighted by atomic mass is 32.2.